The third-order valence-corrected chi connectivity index (χ3v) is 14.3. The molecule has 2 rings (SSSR count). The van der Waals surface area contributed by atoms with Gasteiger partial charge in [-0.1, -0.05) is 83.7 Å². The van der Waals surface area contributed by atoms with Crippen LogP contribution in [0.5, 0.6) is 0 Å². The van der Waals surface area contributed by atoms with Crippen molar-refractivity contribution in [3.63, 3.8) is 0 Å². The highest BCUT2D eigenvalue weighted by molar-refractivity contribution is 5.99. The molecule has 1 aliphatic rings. The Morgan fingerprint density at radius 1 is 0.541 bits per heavy atom. The van der Waals surface area contributed by atoms with Gasteiger partial charge in [0.05, 0.1) is 12.2 Å². The van der Waals surface area contributed by atoms with Crippen LogP contribution in [0.1, 0.15) is 124 Å². The average Bonchev–Trinajstić information content (AvgIpc) is 3.67. The van der Waals surface area contributed by atoms with E-state index in [0.29, 0.717) is 24.3 Å². The second-order valence-electron chi connectivity index (χ2n) is 22.0. The molecule has 29 nitrogen and oxygen atoms in total. The van der Waals surface area contributed by atoms with Crippen LogP contribution in [-0.2, 0) is 59.2 Å². The summed E-state index contributed by atoms with van der Waals surface area (Å²) in [7, 11) is 0. The lowest BCUT2D eigenvalue weighted by Crippen LogP contribution is -2.62. The highest BCUT2D eigenvalue weighted by atomic mass is 16.3. The summed E-state index contributed by atoms with van der Waals surface area (Å²) < 4.78 is 0. The molecule has 0 aliphatic carbocycles. The highest BCUT2D eigenvalue weighted by Gasteiger charge is 2.38. The molecule has 480 valence electrons. The van der Waals surface area contributed by atoms with Crippen LogP contribution in [-0.4, -0.2) is 187 Å². The van der Waals surface area contributed by atoms with Crippen LogP contribution in [0.2, 0.25) is 0 Å². The summed E-state index contributed by atoms with van der Waals surface area (Å²) in [5.74, 6) is -9.74. The Bertz CT molecular complexity index is 2320. The number of hydrogen-bond acceptors (Lipinski definition) is 18. The zero-order valence-electron chi connectivity index (χ0n) is 50.2. The summed E-state index contributed by atoms with van der Waals surface area (Å²) in [6.07, 6.45) is -0.645. The van der Waals surface area contributed by atoms with Gasteiger partial charge in [-0.15, -0.1) is 0 Å². The Balaban J connectivity index is 2.68. The zero-order valence-corrected chi connectivity index (χ0v) is 50.2. The lowest BCUT2D eigenvalue weighted by molar-refractivity contribution is -0.137. The highest BCUT2D eigenvalue weighted by Crippen LogP contribution is 2.13. The monoisotopic (exact) mass is 1200 g/mol. The minimum atomic E-state index is -1.76. The van der Waals surface area contributed by atoms with Gasteiger partial charge in [-0.3, -0.25) is 52.7 Å². The Morgan fingerprint density at radius 3 is 1.53 bits per heavy atom. The van der Waals surface area contributed by atoms with E-state index in [2.05, 4.69) is 72.3 Å². The molecule has 85 heavy (non-hydrogen) atoms. The Morgan fingerprint density at radius 2 is 1.02 bits per heavy atom. The SMILES string of the molecule is CC[C@H](C)[C@H](NC(=O)[C@H](CCN)NC(=O)CCCCCC(C)C)C(=O)NC(CCN)C(=O)N[C@H]1CCNC(=O)[C@H]([C@@H](C)O)NC(=O)[C@H](CCN)NC(=O)[C@H](CCN)NC(=O)[C@H]([C@@H](C)O)NC(=O)[C@@H](Cc2ccccc2)NC(=O)[C@H](CCN)NC1=O. The van der Waals surface area contributed by atoms with Gasteiger partial charge in [0, 0.05) is 19.4 Å². The van der Waals surface area contributed by atoms with Crippen molar-refractivity contribution in [2.24, 2.45) is 40.5 Å². The molecule has 1 aromatic carbocycles. The van der Waals surface area contributed by atoms with Crippen molar-refractivity contribution < 1.29 is 63.0 Å². The van der Waals surface area contributed by atoms with E-state index < -0.39 is 151 Å². The van der Waals surface area contributed by atoms with E-state index in [1.54, 1.807) is 44.2 Å². The minimum absolute atomic E-state index is 0.0327. The van der Waals surface area contributed by atoms with E-state index in [9.17, 15) is 63.0 Å². The lowest BCUT2D eigenvalue weighted by atomic mass is 9.97. The Kier molecular flexibility index (Phi) is 34.6. The van der Waals surface area contributed by atoms with Gasteiger partial charge in [0.2, 0.25) is 65.0 Å². The third-order valence-electron chi connectivity index (χ3n) is 14.3. The minimum Gasteiger partial charge on any atom is -0.391 e. The molecule has 1 aliphatic heterocycles. The molecule has 23 N–H and O–H groups in total. The number of benzene rings is 1. The first-order valence-electron chi connectivity index (χ1n) is 29.6. The predicted molar refractivity (Wildman–Crippen MR) is 316 cm³/mol. The molecule has 1 heterocycles. The number of hydrogen-bond donors (Lipinski definition) is 18. The first-order valence-corrected chi connectivity index (χ1v) is 29.6. The summed E-state index contributed by atoms with van der Waals surface area (Å²) in [6.45, 7) is 8.95. The van der Waals surface area contributed by atoms with Crippen LogP contribution in [0.25, 0.3) is 0 Å². The molecule has 1 aromatic rings. The molecule has 0 radical (unpaired) electrons. The van der Waals surface area contributed by atoms with E-state index >= 15 is 0 Å². The normalized spacial score (nSPS) is 22.9. The number of amides is 11. The number of carbonyl (C=O) groups excluding carboxylic acids is 11. The van der Waals surface area contributed by atoms with Crippen LogP contribution >= 0.6 is 0 Å². The second-order valence-corrected chi connectivity index (χ2v) is 22.0. The third kappa shape index (κ3) is 26.5. The quantitative estimate of drug-likeness (QED) is 0.0333. The van der Waals surface area contributed by atoms with Crippen LogP contribution in [0.15, 0.2) is 30.3 Å². The van der Waals surface area contributed by atoms with Crippen molar-refractivity contribution in [3.05, 3.63) is 35.9 Å². The number of nitrogens with two attached hydrogens (primary N) is 5. The summed E-state index contributed by atoms with van der Waals surface area (Å²) in [4.78, 5) is 154. The fourth-order valence-electron chi connectivity index (χ4n) is 9.12. The van der Waals surface area contributed by atoms with Crippen molar-refractivity contribution in [1.82, 2.24) is 58.5 Å². The predicted octanol–water partition coefficient (Wildman–Crippen LogP) is -5.24. The average molecular weight is 1200 g/mol. The van der Waals surface area contributed by atoms with E-state index in [1.807, 2.05) is 0 Å². The fraction of sp³-hybridized carbons (Fsp3) is 0.696. The van der Waals surface area contributed by atoms with Crippen LogP contribution in [0.3, 0.4) is 0 Å². The number of carbonyl (C=O) groups is 11. The molecule has 1 saturated heterocycles. The zero-order chi connectivity index (χ0) is 63.8. The fourth-order valence-corrected chi connectivity index (χ4v) is 9.12. The summed E-state index contributed by atoms with van der Waals surface area (Å²) in [5.41, 5.74) is 29.9. The van der Waals surface area contributed by atoms with Gasteiger partial charge < -0.3 is 97.4 Å². The molecular weight excluding hydrogens is 1100 g/mol. The molecule has 1 fully saturated rings. The molecule has 0 saturated carbocycles. The van der Waals surface area contributed by atoms with Crippen LogP contribution in [0, 0.1) is 11.8 Å². The molecule has 13 atom stereocenters. The topological polar surface area (TPSA) is 491 Å². The number of nitrogens with one attached hydrogen (secondary N) is 11. The molecule has 0 bridgehead atoms. The number of unbranched alkanes of at least 4 members (excludes halogenated alkanes) is 2. The van der Waals surface area contributed by atoms with Gasteiger partial charge in [0.15, 0.2) is 0 Å². The summed E-state index contributed by atoms with van der Waals surface area (Å²) in [6, 6.07) is -6.46. The first-order chi connectivity index (χ1) is 40.3. The van der Waals surface area contributed by atoms with E-state index in [1.165, 1.54) is 13.8 Å². The smallest absolute Gasteiger partial charge is 0.245 e. The van der Waals surface area contributed by atoms with Gasteiger partial charge in [-0.25, -0.2) is 0 Å². The summed E-state index contributed by atoms with van der Waals surface area (Å²) >= 11 is 0. The number of rotatable bonds is 29. The molecular formula is C56H98N16O13. The standard InChI is InChI=1S/C56H98N16O13/c1-7-32(4)44(70-51(80)36(18-24-57)63-43(75)17-13-8-10-14-31(2)3)55(84)67-38(20-26-59)48(77)66-41-23-29-62-54(83)45(33(5)73)71-52(81)40(22-28-61)65-47(76)39(21-27-60)68-56(85)46(34(6)74)72-53(82)42(30-35-15-11-9-12-16-35)69-49(78)37(19-25-58)64-50(41)79/h9,11-12,15-16,31-34,36-42,44-46,73-74H,7-8,10,13-14,17-30,57-61H2,1-6H3,(H,62,83)(H,63,75)(H,64,79)(H,65,76)(H,66,77)(H,67,84)(H,68,85)(H,69,78)(H,70,80)(H,71,81)(H,72,82)/t32-,33+,34+,36-,37-,38?,39-,40-,41-,42+,44-,45-,46-/m0/s1. The van der Waals surface area contributed by atoms with Gasteiger partial charge in [-0.2, -0.15) is 0 Å². The van der Waals surface area contributed by atoms with E-state index in [-0.39, 0.29) is 83.6 Å². The maximum Gasteiger partial charge on any atom is 0.245 e. The maximum atomic E-state index is 14.6. The van der Waals surface area contributed by atoms with Crippen LogP contribution in [0.4, 0.5) is 0 Å². The largest absolute Gasteiger partial charge is 0.391 e. The van der Waals surface area contributed by atoms with Crippen molar-refractivity contribution in [1.29, 1.82) is 0 Å². The van der Waals surface area contributed by atoms with Crippen molar-refractivity contribution >= 4 is 65.0 Å². The molecule has 0 spiro atoms. The summed E-state index contributed by atoms with van der Waals surface area (Å²) in [5, 5.41) is 49.8. The molecule has 0 aromatic heterocycles. The van der Waals surface area contributed by atoms with Gasteiger partial charge in [0.1, 0.15) is 60.4 Å². The molecule has 29 heteroatoms. The first kappa shape index (κ1) is 74.2. The van der Waals surface area contributed by atoms with E-state index in [0.717, 1.165) is 19.3 Å². The maximum absolute atomic E-state index is 14.6. The van der Waals surface area contributed by atoms with Crippen molar-refractivity contribution in [2.75, 3.05) is 39.3 Å². The van der Waals surface area contributed by atoms with Crippen LogP contribution < -0.4 is 87.2 Å². The second kappa shape index (κ2) is 39.7. The number of aliphatic hydroxyl groups excluding tert-OH is 2. The Labute approximate surface area is 498 Å². The van der Waals surface area contributed by atoms with Crippen molar-refractivity contribution in [2.45, 2.75) is 198 Å². The molecule has 1 unspecified atom stereocenters. The van der Waals surface area contributed by atoms with Gasteiger partial charge in [0.25, 0.3) is 0 Å². The molecule has 11 amide bonds. The van der Waals surface area contributed by atoms with Gasteiger partial charge in [-0.05, 0) is 109 Å². The van der Waals surface area contributed by atoms with Crippen molar-refractivity contribution in [3.8, 4) is 0 Å². The number of aliphatic hydroxyl groups is 2. The Hall–Kier alpha value is -6.89. The van der Waals surface area contributed by atoms with E-state index in [4.69, 9.17) is 28.7 Å². The van der Waals surface area contributed by atoms with Gasteiger partial charge >= 0.3 is 0 Å². The lowest BCUT2D eigenvalue weighted by Gasteiger charge is -2.29.